The van der Waals surface area contributed by atoms with Crippen LogP contribution in [0.15, 0.2) is 84.9 Å². The van der Waals surface area contributed by atoms with Gasteiger partial charge in [0.05, 0.1) is 11.2 Å². The van der Waals surface area contributed by atoms with Crippen LogP contribution in [-0.2, 0) is 11.2 Å². The molecule has 0 fully saturated rings. The van der Waals surface area contributed by atoms with Crippen LogP contribution >= 0.6 is 11.6 Å². The van der Waals surface area contributed by atoms with Crippen molar-refractivity contribution in [2.45, 2.75) is 12.3 Å². The van der Waals surface area contributed by atoms with Gasteiger partial charge >= 0.3 is 0 Å². The van der Waals surface area contributed by atoms with Crippen LogP contribution in [0.25, 0.3) is 23.1 Å². The van der Waals surface area contributed by atoms with Gasteiger partial charge in [0.1, 0.15) is 6.29 Å². The van der Waals surface area contributed by atoms with Gasteiger partial charge in [-0.1, -0.05) is 84.4 Å². The van der Waals surface area contributed by atoms with Gasteiger partial charge in [-0.15, -0.1) is 0 Å². The minimum Gasteiger partial charge on any atom is -0.303 e. The van der Waals surface area contributed by atoms with E-state index in [4.69, 9.17) is 11.6 Å². The van der Waals surface area contributed by atoms with E-state index in [9.17, 15) is 4.79 Å². The molecular formula is C26H20ClNO. The van der Waals surface area contributed by atoms with Gasteiger partial charge in [-0.2, -0.15) is 0 Å². The highest BCUT2D eigenvalue weighted by molar-refractivity contribution is 6.31. The van der Waals surface area contributed by atoms with E-state index in [-0.39, 0.29) is 5.92 Å². The normalized spacial score (nSPS) is 12.3. The molecule has 0 saturated carbocycles. The van der Waals surface area contributed by atoms with Crippen LogP contribution in [0.3, 0.4) is 0 Å². The molecule has 0 radical (unpaired) electrons. The summed E-state index contributed by atoms with van der Waals surface area (Å²) in [4.78, 5) is 16.4. The van der Waals surface area contributed by atoms with Crippen LogP contribution in [0.5, 0.6) is 0 Å². The summed E-state index contributed by atoms with van der Waals surface area (Å²) in [6.45, 7) is 0. The number of halogens is 1. The average Bonchev–Trinajstić information content (AvgIpc) is 2.76. The molecule has 0 spiro atoms. The molecule has 4 aromatic rings. The fraction of sp³-hybridized carbons (Fsp3) is 0.0769. The molecule has 4 rings (SSSR count). The summed E-state index contributed by atoms with van der Waals surface area (Å²) in [5.74, 6) is -0.160. The van der Waals surface area contributed by atoms with Gasteiger partial charge in [0.15, 0.2) is 0 Å². The number of benzene rings is 3. The highest BCUT2D eigenvalue weighted by Crippen LogP contribution is 2.22. The molecule has 0 amide bonds. The van der Waals surface area contributed by atoms with Crippen molar-refractivity contribution in [2.75, 3.05) is 0 Å². The second-order valence-electron chi connectivity index (χ2n) is 7.01. The summed E-state index contributed by atoms with van der Waals surface area (Å²) in [5, 5.41) is 1.74. The Morgan fingerprint density at radius 2 is 1.69 bits per heavy atom. The number of aromatic nitrogens is 1. The zero-order chi connectivity index (χ0) is 20.1. The molecule has 3 heteroatoms. The summed E-state index contributed by atoms with van der Waals surface area (Å²) in [6, 6.07) is 27.9. The summed E-state index contributed by atoms with van der Waals surface area (Å²) in [6.07, 6.45) is 5.73. The van der Waals surface area contributed by atoms with E-state index < -0.39 is 0 Å². The van der Waals surface area contributed by atoms with Crippen molar-refractivity contribution >= 4 is 40.9 Å². The smallest absolute Gasteiger partial charge is 0.127 e. The van der Waals surface area contributed by atoms with Crippen LogP contribution in [0.2, 0.25) is 5.02 Å². The third kappa shape index (κ3) is 4.79. The van der Waals surface area contributed by atoms with Gasteiger partial charge in [-0.25, -0.2) is 4.98 Å². The zero-order valence-corrected chi connectivity index (χ0v) is 16.6. The van der Waals surface area contributed by atoms with E-state index in [0.717, 1.165) is 39.6 Å². The minimum atomic E-state index is -0.160. The molecule has 0 aliphatic heterocycles. The maximum Gasteiger partial charge on any atom is 0.127 e. The first kappa shape index (κ1) is 19.1. The molecular weight excluding hydrogens is 378 g/mol. The lowest BCUT2D eigenvalue weighted by atomic mass is 9.92. The third-order valence-electron chi connectivity index (χ3n) is 4.92. The molecule has 29 heavy (non-hydrogen) atoms. The number of nitrogens with zero attached hydrogens (tertiary/aromatic N) is 1. The van der Waals surface area contributed by atoms with E-state index in [1.54, 1.807) is 0 Å². The van der Waals surface area contributed by atoms with Gasteiger partial charge in [0.2, 0.25) is 0 Å². The van der Waals surface area contributed by atoms with Crippen LogP contribution in [-0.4, -0.2) is 11.3 Å². The van der Waals surface area contributed by atoms with Crippen LogP contribution in [0.1, 0.15) is 28.3 Å². The highest BCUT2D eigenvalue weighted by Gasteiger charge is 2.11. The van der Waals surface area contributed by atoms with Gasteiger partial charge in [0, 0.05) is 16.3 Å². The Morgan fingerprint density at radius 3 is 2.52 bits per heavy atom. The maximum absolute atomic E-state index is 11.7. The number of rotatable bonds is 6. The van der Waals surface area contributed by atoms with Crippen molar-refractivity contribution in [1.82, 2.24) is 4.98 Å². The molecule has 142 valence electrons. The van der Waals surface area contributed by atoms with Crippen molar-refractivity contribution in [2.24, 2.45) is 0 Å². The van der Waals surface area contributed by atoms with Gasteiger partial charge in [-0.05, 0) is 47.4 Å². The van der Waals surface area contributed by atoms with E-state index in [2.05, 4.69) is 23.2 Å². The minimum absolute atomic E-state index is 0.160. The number of fused-ring (bicyclic) bond motifs is 1. The highest BCUT2D eigenvalue weighted by atomic mass is 35.5. The fourth-order valence-electron chi connectivity index (χ4n) is 3.39. The average molecular weight is 398 g/mol. The maximum atomic E-state index is 11.7. The number of hydrogen-bond donors (Lipinski definition) is 0. The summed E-state index contributed by atoms with van der Waals surface area (Å²) in [7, 11) is 0. The van der Waals surface area contributed by atoms with Gasteiger partial charge in [0.25, 0.3) is 0 Å². The molecule has 0 N–H and O–H groups in total. The van der Waals surface area contributed by atoms with Crippen LogP contribution < -0.4 is 0 Å². The predicted octanol–water partition coefficient (Wildman–Crippen LogP) is 6.58. The lowest BCUT2D eigenvalue weighted by molar-refractivity contribution is -0.109. The van der Waals surface area contributed by atoms with Gasteiger partial charge in [-0.3, -0.25) is 0 Å². The first-order valence-corrected chi connectivity index (χ1v) is 9.93. The molecule has 1 heterocycles. The number of pyridine rings is 1. The number of carbonyl (C=O) groups excluding carboxylic acids is 1. The van der Waals surface area contributed by atoms with Crippen molar-refractivity contribution in [1.29, 1.82) is 0 Å². The van der Waals surface area contributed by atoms with Crippen molar-refractivity contribution in [3.63, 3.8) is 0 Å². The zero-order valence-electron chi connectivity index (χ0n) is 15.8. The topological polar surface area (TPSA) is 30.0 Å². The molecule has 0 saturated heterocycles. The standard InChI is InChI=1S/C26H20ClNO/c27-24-12-10-21-11-14-25(28-26(21)17-24)13-9-20-7-4-8-22(15-20)23(18-29)16-19-5-2-1-3-6-19/h1-15,17-18,23H,16H2. The van der Waals surface area contributed by atoms with Crippen molar-refractivity contribution in [3.05, 3.63) is 112 Å². The Labute approximate surface area is 175 Å². The van der Waals surface area contributed by atoms with E-state index >= 15 is 0 Å². The largest absolute Gasteiger partial charge is 0.303 e. The van der Waals surface area contributed by atoms with Crippen molar-refractivity contribution in [3.8, 4) is 0 Å². The van der Waals surface area contributed by atoms with E-state index in [1.807, 2.05) is 78.9 Å². The Kier molecular flexibility index (Phi) is 5.83. The molecule has 3 aromatic carbocycles. The quantitative estimate of drug-likeness (QED) is 0.344. The predicted molar refractivity (Wildman–Crippen MR) is 121 cm³/mol. The van der Waals surface area contributed by atoms with E-state index in [0.29, 0.717) is 11.4 Å². The second kappa shape index (κ2) is 8.85. The molecule has 0 aliphatic carbocycles. The SMILES string of the molecule is O=CC(Cc1ccccc1)c1cccc(C=Cc2ccc3ccc(Cl)cc3n2)c1. The second-order valence-corrected chi connectivity index (χ2v) is 7.45. The molecule has 0 aliphatic rings. The van der Waals surface area contributed by atoms with E-state index in [1.165, 1.54) is 0 Å². The monoisotopic (exact) mass is 397 g/mol. The Balaban J connectivity index is 1.56. The fourth-order valence-corrected chi connectivity index (χ4v) is 3.55. The number of aldehydes is 1. The Morgan fingerprint density at radius 1 is 0.862 bits per heavy atom. The number of carbonyl (C=O) groups is 1. The Hall–Kier alpha value is -3.23. The first-order valence-electron chi connectivity index (χ1n) is 9.55. The molecule has 0 bridgehead atoms. The Bertz CT molecular complexity index is 1170. The summed E-state index contributed by atoms with van der Waals surface area (Å²) in [5.41, 5.74) is 4.95. The van der Waals surface area contributed by atoms with Crippen LogP contribution in [0.4, 0.5) is 0 Å². The van der Waals surface area contributed by atoms with Gasteiger partial charge < -0.3 is 4.79 Å². The third-order valence-corrected chi connectivity index (χ3v) is 5.16. The lowest BCUT2D eigenvalue weighted by Crippen LogP contribution is -2.04. The molecule has 1 atom stereocenters. The summed E-state index contributed by atoms with van der Waals surface area (Å²) >= 11 is 6.08. The first-order chi connectivity index (χ1) is 14.2. The number of hydrogen-bond acceptors (Lipinski definition) is 2. The van der Waals surface area contributed by atoms with Crippen molar-refractivity contribution < 1.29 is 4.79 Å². The van der Waals surface area contributed by atoms with Crippen LogP contribution in [0, 0.1) is 0 Å². The molecule has 1 aromatic heterocycles. The molecule has 2 nitrogen and oxygen atoms in total. The summed E-state index contributed by atoms with van der Waals surface area (Å²) < 4.78 is 0. The lowest BCUT2D eigenvalue weighted by Gasteiger charge is -2.11. The molecule has 1 unspecified atom stereocenters.